The van der Waals surface area contributed by atoms with Crippen molar-refractivity contribution in [3.05, 3.63) is 152 Å². The fourth-order valence-corrected chi connectivity index (χ4v) is 8.53. The van der Waals surface area contributed by atoms with Gasteiger partial charge in [-0.3, -0.25) is 0 Å². The Labute approximate surface area is 314 Å². The second kappa shape index (κ2) is 13.5. The summed E-state index contributed by atoms with van der Waals surface area (Å²) in [6.07, 6.45) is 1.66. The van der Waals surface area contributed by atoms with Gasteiger partial charge in [0.15, 0.2) is 0 Å². The number of para-hydroxylation sites is 3. The molecule has 0 saturated carbocycles. The molecule has 0 aliphatic heterocycles. The number of hydrogen-bond acceptors (Lipinski definition) is 2. The third-order valence-electron chi connectivity index (χ3n) is 10.8. The molecule has 0 saturated heterocycles. The minimum atomic E-state index is 0.931. The van der Waals surface area contributed by atoms with Gasteiger partial charge in [0.05, 0.1) is 22.2 Å². The number of rotatable bonds is 3. The maximum atomic E-state index is 4.70. The van der Waals surface area contributed by atoms with E-state index in [1.54, 1.807) is 6.33 Å². The normalized spacial score (nSPS) is 11.5. The van der Waals surface area contributed by atoms with Crippen molar-refractivity contribution in [1.29, 1.82) is 0 Å². The molecule has 4 heteroatoms. The van der Waals surface area contributed by atoms with Crippen molar-refractivity contribution in [2.75, 3.05) is 0 Å². The first-order valence-corrected chi connectivity index (χ1v) is 19.3. The first-order chi connectivity index (χ1) is 26.7. The molecule has 262 valence electrons. The molecule has 3 aromatic heterocycles. The SMILES string of the molecule is CC.CC.CCn1c2ccccc2c2cc3c(cc21)c1ccccc1n3-c1ccc2c(ccc3ccc4cc(-c5ncnc6ccccc56)ccc4c32)c1. The van der Waals surface area contributed by atoms with Gasteiger partial charge in [-0.15, -0.1) is 0 Å². The second-order valence-electron chi connectivity index (χ2n) is 13.3. The number of aromatic nitrogens is 4. The van der Waals surface area contributed by atoms with Gasteiger partial charge < -0.3 is 9.13 Å². The zero-order valence-electron chi connectivity index (χ0n) is 31.4. The highest BCUT2D eigenvalue weighted by Crippen LogP contribution is 2.40. The first-order valence-electron chi connectivity index (χ1n) is 19.3. The lowest BCUT2D eigenvalue weighted by Gasteiger charge is -2.13. The van der Waals surface area contributed by atoms with Gasteiger partial charge in [0.1, 0.15) is 6.33 Å². The molecule has 0 amide bonds. The number of benzene rings is 8. The first kappa shape index (κ1) is 33.3. The van der Waals surface area contributed by atoms with Gasteiger partial charge in [0.2, 0.25) is 0 Å². The highest BCUT2D eigenvalue weighted by Gasteiger charge is 2.18. The summed E-state index contributed by atoms with van der Waals surface area (Å²) in [5.41, 5.74) is 9.21. The highest BCUT2D eigenvalue weighted by molar-refractivity contribution is 6.22. The maximum absolute atomic E-state index is 4.70. The Kier molecular flexibility index (Phi) is 8.31. The van der Waals surface area contributed by atoms with Gasteiger partial charge in [0, 0.05) is 55.8 Å². The molecule has 0 bridgehead atoms. The molecule has 0 unspecified atom stereocenters. The topological polar surface area (TPSA) is 35.6 Å². The van der Waals surface area contributed by atoms with Crippen molar-refractivity contribution in [3.63, 3.8) is 0 Å². The average molecular weight is 699 g/mol. The minimum absolute atomic E-state index is 0.931. The summed E-state index contributed by atoms with van der Waals surface area (Å²) in [6.45, 7) is 11.2. The van der Waals surface area contributed by atoms with Crippen LogP contribution in [0.15, 0.2) is 152 Å². The van der Waals surface area contributed by atoms with Crippen LogP contribution in [0.2, 0.25) is 0 Å². The summed E-state index contributed by atoms with van der Waals surface area (Å²) in [5.74, 6) is 0. The van der Waals surface area contributed by atoms with Gasteiger partial charge in [0.25, 0.3) is 0 Å². The molecule has 0 aliphatic rings. The summed E-state index contributed by atoms with van der Waals surface area (Å²) in [6, 6.07) is 53.4. The molecule has 54 heavy (non-hydrogen) atoms. The molecule has 0 spiro atoms. The molecule has 0 radical (unpaired) electrons. The van der Waals surface area contributed by atoms with E-state index in [-0.39, 0.29) is 0 Å². The van der Waals surface area contributed by atoms with Crippen LogP contribution >= 0.6 is 0 Å². The molecule has 11 aromatic rings. The monoisotopic (exact) mass is 698 g/mol. The lowest BCUT2D eigenvalue weighted by Crippen LogP contribution is -1.95. The number of hydrogen-bond donors (Lipinski definition) is 0. The van der Waals surface area contributed by atoms with Crippen LogP contribution in [0.4, 0.5) is 0 Å². The maximum Gasteiger partial charge on any atom is 0.116 e. The zero-order valence-corrected chi connectivity index (χ0v) is 31.4. The predicted molar refractivity (Wildman–Crippen MR) is 233 cm³/mol. The summed E-state index contributed by atoms with van der Waals surface area (Å²) >= 11 is 0. The smallest absolute Gasteiger partial charge is 0.116 e. The zero-order chi connectivity index (χ0) is 36.9. The Morgan fingerprint density at radius 1 is 0.444 bits per heavy atom. The van der Waals surface area contributed by atoms with Crippen molar-refractivity contribution < 1.29 is 0 Å². The van der Waals surface area contributed by atoms with Gasteiger partial charge in [-0.1, -0.05) is 125 Å². The second-order valence-corrected chi connectivity index (χ2v) is 13.3. The Morgan fingerprint density at radius 2 is 1.04 bits per heavy atom. The lowest BCUT2D eigenvalue weighted by atomic mass is 9.94. The summed E-state index contributed by atoms with van der Waals surface area (Å²) in [7, 11) is 0. The summed E-state index contributed by atoms with van der Waals surface area (Å²) in [5, 5.41) is 13.7. The highest BCUT2D eigenvalue weighted by atomic mass is 15.0. The molecule has 4 nitrogen and oxygen atoms in total. The van der Waals surface area contributed by atoms with Gasteiger partial charge in [-0.05, 0) is 87.8 Å². The third-order valence-corrected chi connectivity index (χ3v) is 10.8. The molecule has 8 aromatic carbocycles. The van der Waals surface area contributed by atoms with Gasteiger partial charge in [-0.2, -0.15) is 0 Å². The average Bonchev–Trinajstić information content (AvgIpc) is 3.74. The molecule has 0 atom stereocenters. The van der Waals surface area contributed by atoms with Crippen molar-refractivity contribution in [2.45, 2.75) is 41.2 Å². The van der Waals surface area contributed by atoms with E-state index < -0.39 is 0 Å². The Hall–Kier alpha value is -6.52. The van der Waals surface area contributed by atoms with Crippen LogP contribution in [0.1, 0.15) is 34.6 Å². The summed E-state index contributed by atoms with van der Waals surface area (Å²) < 4.78 is 4.90. The van der Waals surface area contributed by atoms with Gasteiger partial charge in [-0.25, -0.2) is 9.97 Å². The standard InChI is InChI=1S/C46H30N4.2C2H6/c1-2-49-41-13-7-4-9-35(41)38-26-44-39(25-43(38)49)36-10-5-8-14-42(36)50(44)32-20-22-34-30(24-32)18-16-28-15-17-29-23-31(19-21-33(29)45(28)34)46-37-11-3-6-12-40(37)47-27-48-46;2*1-2/h3-27H,2H2,1H3;2*1-2H3. The van der Waals surface area contributed by atoms with E-state index >= 15 is 0 Å². The van der Waals surface area contributed by atoms with E-state index in [9.17, 15) is 0 Å². The van der Waals surface area contributed by atoms with E-state index in [4.69, 9.17) is 4.98 Å². The Bertz CT molecular complexity index is 3190. The van der Waals surface area contributed by atoms with Crippen LogP contribution in [0.25, 0.3) is 104 Å². The number of fused-ring (bicyclic) bond motifs is 12. The van der Waals surface area contributed by atoms with E-state index in [1.165, 1.54) is 81.6 Å². The summed E-state index contributed by atoms with van der Waals surface area (Å²) in [4.78, 5) is 9.18. The van der Waals surface area contributed by atoms with Crippen LogP contribution in [-0.2, 0) is 6.54 Å². The molecule has 11 rings (SSSR count). The van der Waals surface area contributed by atoms with E-state index in [0.29, 0.717) is 0 Å². The van der Waals surface area contributed by atoms with Crippen molar-refractivity contribution in [2.24, 2.45) is 0 Å². The van der Waals surface area contributed by atoms with E-state index in [2.05, 4.69) is 155 Å². The molecular weight excluding hydrogens is 657 g/mol. The molecule has 0 N–H and O–H groups in total. The molecule has 3 heterocycles. The van der Waals surface area contributed by atoms with Crippen molar-refractivity contribution in [3.8, 4) is 16.9 Å². The van der Waals surface area contributed by atoms with Crippen LogP contribution in [0.5, 0.6) is 0 Å². The lowest BCUT2D eigenvalue weighted by molar-refractivity contribution is 0.827. The quantitative estimate of drug-likeness (QED) is 0.172. The van der Waals surface area contributed by atoms with E-state index in [0.717, 1.165) is 28.7 Å². The Morgan fingerprint density at radius 3 is 1.80 bits per heavy atom. The van der Waals surface area contributed by atoms with Gasteiger partial charge >= 0.3 is 0 Å². The molecule has 0 aliphatic carbocycles. The van der Waals surface area contributed by atoms with Crippen LogP contribution < -0.4 is 0 Å². The Balaban J connectivity index is 0.000000932. The minimum Gasteiger partial charge on any atom is -0.341 e. The van der Waals surface area contributed by atoms with Crippen molar-refractivity contribution >= 4 is 86.8 Å². The molecule has 0 fully saturated rings. The van der Waals surface area contributed by atoms with Crippen LogP contribution in [0, 0.1) is 0 Å². The molecular formula is C50H42N4. The predicted octanol–water partition coefficient (Wildman–Crippen LogP) is 14.0. The fourth-order valence-electron chi connectivity index (χ4n) is 8.53. The third kappa shape index (κ3) is 4.98. The largest absolute Gasteiger partial charge is 0.341 e. The van der Waals surface area contributed by atoms with E-state index in [1.807, 2.05) is 39.8 Å². The number of aryl methyl sites for hydroxylation is 1. The van der Waals surface area contributed by atoms with Crippen molar-refractivity contribution in [1.82, 2.24) is 19.1 Å². The number of nitrogens with zero attached hydrogens (tertiary/aromatic N) is 4. The fraction of sp³-hybridized carbons (Fsp3) is 0.120. The van der Waals surface area contributed by atoms with Crippen LogP contribution in [0.3, 0.4) is 0 Å². The van der Waals surface area contributed by atoms with Crippen LogP contribution in [-0.4, -0.2) is 19.1 Å².